The number of hydrogen-bond acceptors (Lipinski definition) is 7. The summed E-state index contributed by atoms with van der Waals surface area (Å²) >= 11 is 0. The maximum absolute atomic E-state index is 12.4. The molecular weight excluding hydrogens is 390 g/mol. The second kappa shape index (κ2) is 9.55. The van der Waals surface area contributed by atoms with Gasteiger partial charge in [0.15, 0.2) is 12.6 Å². The Morgan fingerprint density at radius 1 is 1.10 bits per heavy atom. The molecule has 2 aliphatic rings. The molecule has 1 amide bonds. The summed E-state index contributed by atoms with van der Waals surface area (Å²) in [5, 5.41) is 13.4. The van der Waals surface area contributed by atoms with E-state index in [9.17, 15) is 9.90 Å². The highest BCUT2D eigenvalue weighted by Crippen LogP contribution is 2.34. The Bertz CT molecular complexity index is 819. The molecule has 2 aromatic rings. The van der Waals surface area contributed by atoms with E-state index in [4.69, 9.17) is 23.7 Å². The van der Waals surface area contributed by atoms with Crippen LogP contribution in [-0.2, 0) is 30.3 Å². The predicted octanol–water partition coefficient (Wildman–Crippen LogP) is 2.13. The van der Waals surface area contributed by atoms with Gasteiger partial charge in [0.1, 0.15) is 24.9 Å². The van der Waals surface area contributed by atoms with Gasteiger partial charge < -0.3 is 34.1 Å². The topological polar surface area (TPSA) is 95.5 Å². The van der Waals surface area contributed by atoms with Crippen LogP contribution in [0.3, 0.4) is 0 Å². The number of benzene rings is 2. The normalized spacial score (nSPS) is 30.9. The van der Waals surface area contributed by atoms with Crippen molar-refractivity contribution >= 4 is 6.09 Å². The number of carbonyl (C=O) groups excluding carboxylic acids is 1. The van der Waals surface area contributed by atoms with Crippen LogP contribution in [0.4, 0.5) is 4.79 Å². The molecule has 2 aromatic carbocycles. The first-order valence-corrected chi connectivity index (χ1v) is 9.81. The molecule has 0 saturated carbocycles. The van der Waals surface area contributed by atoms with Crippen LogP contribution in [0.1, 0.15) is 17.4 Å². The van der Waals surface area contributed by atoms with Crippen molar-refractivity contribution in [2.24, 2.45) is 0 Å². The molecule has 1 unspecified atom stereocenters. The highest BCUT2D eigenvalue weighted by atomic mass is 16.7. The van der Waals surface area contributed by atoms with Crippen molar-refractivity contribution in [2.45, 2.75) is 43.5 Å². The van der Waals surface area contributed by atoms with Crippen LogP contribution in [0.15, 0.2) is 60.7 Å². The number of methoxy groups -OCH3 is 1. The fourth-order valence-corrected chi connectivity index (χ4v) is 3.64. The van der Waals surface area contributed by atoms with E-state index in [0.717, 1.165) is 11.1 Å². The molecule has 8 nitrogen and oxygen atoms in total. The monoisotopic (exact) mass is 415 g/mol. The summed E-state index contributed by atoms with van der Waals surface area (Å²) in [6.07, 6.45) is -4.52. The van der Waals surface area contributed by atoms with Crippen molar-refractivity contribution in [1.82, 2.24) is 5.32 Å². The predicted molar refractivity (Wildman–Crippen MR) is 105 cm³/mol. The quantitative estimate of drug-likeness (QED) is 0.772. The van der Waals surface area contributed by atoms with Gasteiger partial charge in [0, 0.05) is 12.7 Å². The second-order valence-corrected chi connectivity index (χ2v) is 7.18. The summed E-state index contributed by atoms with van der Waals surface area (Å²) in [5.41, 5.74) is 1.70. The first-order valence-electron chi connectivity index (χ1n) is 9.81. The van der Waals surface area contributed by atoms with Gasteiger partial charge in [-0.1, -0.05) is 60.7 Å². The minimum absolute atomic E-state index is 0.115. The average molecular weight is 415 g/mol. The van der Waals surface area contributed by atoms with Gasteiger partial charge in [0.05, 0.1) is 12.6 Å². The van der Waals surface area contributed by atoms with Crippen LogP contribution < -0.4 is 5.32 Å². The molecule has 2 fully saturated rings. The number of aliphatic hydroxyl groups is 1. The molecule has 30 heavy (non-hydrogen) atoms. The molecule has 160 valence electrons. The number of aliphatic hydroxyl groups excluding tert-OH is 1. The number of ether oxygens (including phenoxy) is 5. The summed E-state index contributed by atoms with van der Waals surface area (Å²) in [6, 6.07) is 18.0. The number of hydrogen-bond donors (Lipinski definition) is 2. The van der Waals surface area contributed by atoms with Gasteiger partial charge in [-0.05, 0) is 5.56 Å². The molecule has 2 heterocycles. The standard InChI is InChI=1S/C22H25NO7/c1-26-21-18(24)17(23-22(25)28-12-14-8-4-2-5-9-14)19-16(29-21)13-27-20(30-19)15-10-6-3-7-11-15/h2-11,16-21,24H,12-13H2,1H3,(H,23,25)/t16-,17-,18-,19-,20?,21+/m1/s1. The van der Waals surface area contributed by atoms with Crippen molar-refractivity contribution in [3.8, 4) is 0 Å². The maximum atomic E-state index is 12.4. The molecule has 0 spiro atoms. The van der Waals surface area contributed by atoms with Gasteiger partial charge >= 0.3 is 6.09 Å². The molecule has 2 N–H and O–H groups in total. The third-order valence-electron chi connectivity index (χ3n) is 5.17. The number of rotatable bonds is 5. The average Bonchev–Trinajstić information content (AvgIpc) is 2.80. The van der Waals surface area contributed by atoms with Gasteiger partial charge in [0.2, 0.25) is 0 Å². The van der Waals surface area contributed by atoms with E-state index in [0.29, 0.717) is 0 Å². The van der Waals surface area contributed by atoms with Crippen LogP contribution in [0.2, 0.25) is 0 Å². The fourth-order valence-electron chi connectivity index (χ4n) is 3.64. The van der Waals surface area contributed by atoms with Crippen LogP contribution in [0.25, 0.3) is 0 Å². The molecule has 2 aliphatic heterocycles. The smallest absolute Gasteiger partial charge is 0.407 e. The minimum atomic E-state index is -1.14. The molecule has 0 radical (unpaired) electrons. The Hall–Kier alpha value is -2.49. The van der Waals surface area contributed by atoms with Crippen molar-refractivity contribution in [2.75, 3.05) is 13.7 Å². The molecular formula is C22H25NO7. The lowest BCUT2D eigenvalue weighted by Gasteiger charge is -2.47. The van der Waals surface area contributed by atoms with Crippen molar-refractivity contribution < 1.29 is 33.6 Å². The first kappa shape index (κ1) is 20.8. The Labute approximate surface area is 174 Å². The van der Waals surface area contributed by atoms with Gasteiger partial charge in [-0.15, -0.1) is 0 Å². The van der Waals surface area contributed by atoms with Gasteiger partial charge in [-0.3, -0.25) is 0 Å². The van der Waals surface area contributed by atoms with Crippen LogP contribution >= 0.6 is 0 Å². The molecule has 0 aromatic heterocycles. The Balaban J connectivity index is 1.45. The molecule has 8 heteroatoms. The number of carbonyl (C=O) groups is 1. The SMILES string of the molecule is CO[C@H]1O[C@@H]2COC(c3ccccc3)O[C@H]2[C@H](NC(=O)OCc2ccccc2)[C@H]1O. The zero-order valence-corrected chi connectivity index (χ0v) is 16.5. The molecule has 2 saturated heterocycles. The lowest BCUT2D eigenvalue weighted by Crippen LogP contribution is -2.67. The Morgan fingerprint density at radius 2 is 1.80 bits per heavy atom. The lowest BCUT2D eigenvalue weighted by molar-refractivity contribution is -0.340. The third kappa shape index (κ3) is 4.63. The van der Waals surface area contributed by atoms with E-state index in [1.165, 1.54) is 7.11 Å². The highest BCUT2D eigenvalue weighted by Gasteiger charge is 2.50. The fraction of sp³-hybridized carbons (Fsp3) is 0.409. The van der Waals surface area contributed by atoms with E-state index in [2.05, 4.69) is 5.32 Å². The zero-order valence-electron chi connectivity index (χ0n) is 16.5. The second-order valence-electron chi connectivity index (χ2n) is 7.18. The number of fused-ring (bicyclic) bond motifs is 1. The van der Waals surface area contributed by atoms with Gasteiger partial charge in [-0.25, -0.2) is 4.79 Å². The molecule has 6 atom stereocenters. The number of amides is 1. The Kier molecular flexibility index (Phi) is 6.61. The van der Waals surface area contributed by atoms with Crippen molar-refractivity contribution in [1.29, 1.82) is 0 Å². The maximum Gasteiger partial charge on any atom is 0.407 e. The van der Waals surface area contributed by atoms with E-state index in [-0.39, 0.29) is 13.2 Å². The summed E-state index contributed by atoms with van der Waals surface area (Å²) in [5.74, 6) is 0. The van der Waals surface area contributed by atoms with Crippen molar-refractivity contribution in [3.05, 3.63) is 71.8 Å². The highest BCUT2D eigenvalue weighted by molar-refractivity contribution is 5.67. The van der Waals surface area contributed by atoms with E-state index in [1.807, 2.05) is 60.7 Å². The van der Waals surface area contributed by atoms with Gasteiger partial charge in [0.25, 0.3) is 0 Å². The summed E-state index contributed by atoms with van der Waals surface area (Å²) < 4.78 is 28.2. The first-order chi connectivity index (χ1) is 14.7. The van der Waals surface area contributed by atoms with E-state index in [1.54, 1.807) is 0 Å². The van der Waals surface area contributed by atoms with Crippen LogP contribution in [-0.4, -0.2) is 55.6 Å². The molecule has 0 bridgehead atoms. The Morgan fingerprint density at radius 3 is 2.50 bits per heavy atom. The summed E-state index contributed by atoms with van der Waals surface area (Å²) in [7, 11) is 1.43. The third-order valence-corrected chi connectivity index (χ3v) is 5.17. The minimum Gasteiger partial charge on any atom is -0.445 e. The largest absolute Gasteiger partial charge is 0.445 e. The van der Waals surface area contributed by atoms with E-state index >= 15 is 0 Å². The molecule has 0 aliphatic carbocycles. The van der Waals surface area contributed by atoms with Crippen molar-refractivity contribution in [3.63, 3.8) is 0 Å². The van der Waals surface area contributed by atoms with E-state index < -0.39 is 43.0 Å². The summed E-state index contributed by atoms with van der Waals surface area (Å²) in [6.45, 7) is 0.346. The zero-order chi connectivity index (χ0) is 20.9. The molecule has 4 rings (SSSR count). The summed E-state index contributed by atoms with van der Waals surface area (Å²) in [4.78, 5) is 12.4. The van der Waals surface area contributed by atoms with Crippen LogP contribution in [0, 0.1) is 0 Å². The van der Waals surface area contributed by atoms with Crippen LogP contribution in [0.5, 0.6) is 0 Å². The lowest BCUT2D eigenvalue weighted by atomic mass is 9.95. The number of nitrogens with one attached hydrogen (secondary N) is 1. The van der Waals surface area contributed by atoms with Gasteiger partial charge in [-0.2, -0.15) is 0 Å². The number of alkyl carbamates (subject to hydrolysis) is 1.